The minimum absolute atomic E-state index is 0.0997. The molecule has 1 aliphatic rings. The summed E-state index contributed by atoms with van der Waals surface area (Å²) >= 11 is 1.37. The van der Waals surface area contributed by atoms with Gasteiger partial charge < -0.3 is 19.4 Å². The highest BCUT2D eigenvalue weighted by atomic mass is 32.2. The molecule has 0 unspecified atom stereocenters. The van der Waals surface area contributed by atoms with Crippen LogP contribution in [0.25, 0.3) is 11.4 Å². The van der Waals surface area contributed by atoms with Crippen LogP contribution in [0.5, 0.6) is 11.5 Å². The lowest BCUT2D eigenvalue weighted by Gasteiger charge is -2.19. The van der Waals surface area contributed by atoms with Gasteiger partial charge in [0.15, 0.2) is 22.5 Å². The zero-order chi connectivity index (χ0) is 22.7. The summed E-state index contributed by atoms with van der Waals surface area (Å²) in [7, 11) is 0. The molecule has 0 bridgehead atoms. The highest BCUT2D eigenvalue weighted by Crippen LogP contribution is 2.33. The van der Waals surface area contributed by atoms with Crippen molar-refractivity contribution in [1.82, 2.24) is 14.8 Å². The summed E-state index contributed by atoms with van der Waals surface area (Å²) in [5.41, 5.74) is 3.06. The SMILES string of the molecule is CCn1c(SCC(=O)Nc2ccc3c(c2)OCCO3)nnc1-c1ccc(C(C)(C)C)cc1. The summed E-state index contributed by atoms with van der Waals surface area (Å²) < 4.78 is 13.1. The minimum Gasteiger partial charge on any atom is -0.486 e. The summed E-state index contributed by atoms with van der Waals surface area (Å²) in [5, 5.41) is 12.3. The first-order valence-corrected chi connectivity index (χ1v) is 11.7. The molecule has 0 spiro atoms. The van der Waals surface area contributed by atoms with Crippen molar-refractivity contribution < 1.29 is 14.3 Å². The molecule has 1 N–H and O–H groups in total. The first kappa shape index (κ1) is 22.2. The molecule has 0 fully saturated rings. The van der Waals surface area contributed by atoms with E-state index < -0.39 is 0 Å². The Morgan fingerprint density at radius 2 is 1.78 bits per heavy atom. The Morgan fingerprint density at radius 3 is 2.47 bits per heavy atom. The van der Waals surface area contributed by atoms with Crippen LogP contribution in [0.2, 0.25) is 0 Å². The van der Waals surface area contributed by atoms with Crippen LogP contribution in [0.3, 0.4) is 0 Å². The van der Waals surface area contributed by atoms with Crippen LogP contribution < -0.4 is 14.8 Å². The van der Waals surface area contributed by atoms with Gasteiger partial charge in [0.1, 0.15) is 13.2 Å². The average Bonchev–Trinajstić information content (AvgIpc) is 3.20. The van der Waals surface area contributed by atoms with Gasteiger partial charge in [0.25, 0.3) is 0 Å². The van der Waals surface area contributed by atoms with Gasteiger partial charge in [0.05, 0.1) is 5.75 Å². The van der Waals surface area contributed by atoms with Crippen molar-refractivity contribution >= 4 is 23.4 Å². The molecule has 3 aromatic rings. The first-order valence-electron chi connectivity index (χ1n) is 10.7. The van der Waals surface area contributed by atoms with Crippen molar-refractivity contribution in [3.05, 3.63) is 48.0 Å². The predicted octanol–water partition coefficient (Wildman–Crippen LogP) is 4.76. The van der Waals surface area contributed by atoms with Crippen LogP contribution >= 0.6 is 11.8 Å². The van der Waals surface area contributed by atoms with E-state index in [-0.39, 0.29) is 17.1 Å². The molecule has 8 heteroatoms. The maximum absolute atomic E-state index is 12.5. The van der Waals surface area contributed by atoms with E-state index in [0.29, 0.717) is 30.4 Å². The number of carbonyl (C=O) groups excluding carboxylic acids is 1. The maximum atomic E-state index is 12.5. The Kier molecular flexibility index (Phi) is 6.41. The molecular weight excluding hydrogens is 424 g/mol. The number of amides is 1. The fourth-order valence-electron chi connectivity index (χ4n) is 3.46. The second-order valence-electron chi connectivity index (χ2n) is 8.57. The van der Waals surface area contributed by atoms with Crippen LogP contribution in [-0.4, -0.2) is 39.6 Å². The molecule has 0 radical (unpaired) electrons. The van der Waals surface area contributed by atoms with Gasteiger partial charge in [-0.25, -0.2) is 0 Å². The van der Waals surface area contributed by atoms with E-state index in [1.807, 2.05) is 16.7 Å². The summed E-state index contributed by atoms with van der Waals surface area (Å²) in [4.78, 5) is 12.5. The smallest absolute Gasteiger partial charge is 0.234 e. The zero-order valence-corrected chi connectivity index (χ0v) is 19.7. The molecule has 2 heterocycles. The summed E-state index contributed by atoms with van der Waals surface area (Å²) in [6.07, 6.45) is 0. The molecule has 0 atom stereocenters. The number of nitrogens with one attached hydrogen (secondary N) is 1. The van der Waals surface area contributed by atoms with Crippen LogP contribution in [0, 0.1) is 0 Å². The topological polar surface area (TPSA) is 78.3 Å². The number of aromatic nitrogens is 3. The van der Waals surface area contributed by atoms with Crippen LogP contribution in [-0.2, 0) is 16.8 Å². The number of anilines is 1. The molecule has 1 amide bonds. The lowest BCUT2D eigenvalue weighted by atomic mass is 9.87. The molecule has 32 heavy (non-hydrogen) atoms. The Bertz CT molecular complexity index is 1100. The van der Waals surface area contributed by atoms with Crippen molar-refractivity contribution in [2.24, 2.45) is 0 Å². The van der Waals surface area contributed by atoms with Crippen molar-refractivity contribution in [1.29, 1.82) is 0 Å². The van der Waals surface area contributed by atoms with Crippen LogP contribution in [0.4, 0.5) is 5.69 Å². The third-order valence-corrected chi connectivity index (χ3v) is 6.17. The van der Waals surface area contributed by atoms with Gasteiger partial charge >= 0.3 is 0 Å². The van der Waals surface area contributed by atoms with Gasteiger partial charge in [-0.05, 0) is 30.0 Å². The fourth-order valence-corrected chi connectivity index (χ4v) is 4.26. The Morgan fingerprint density at radius 1 is 1.06 bits per heavy atom. The predicted molar refractivity (Wildman–Crippen MR) is 127 cm³/mol. The highest BCUT2D eigenvalue weighted by molar-refractivity contribution is 7.99. The molecule has 1 aliphatic heterocycles. The molecule has 7 nitrogen and oxygen atoms in total. The van der Waals surface area contributed by atoms with E-state index in [0.717, 1.165) is 23.1 Å². The van der Waals surface area contributed by atoms with E-state index >= 15 is 0 Å². The van der Waals surface area contributed by atoms with E-state index in [1.165, 1.54) is 17.3 Å². The number of fused-ring (bicyclic) bond motifs is 1. The second-order valence-corrected chi connectivity index (χ2v) is 9.52. The van der Waals surface area contributed by atoms with Gasteiger partial charge in [0, 0.05) is 23.9 Å². The third kappa shape index (κ3) is 4.91. The number of hydrogen-bond donors (Lipinski definition) is 1. The van der Waals surface area contributed by atoms with E-state index in [4.69, 9.17) is 9.47 Å². The molecule has 4 rings (SSSR count). The Labute approximate surface area is 192 Å². The van der Waals surface area contributed by atoms with Gasteiger partial charge in [-0.15, -0.1) is 10.2 Å². The maximum Gasteiger partial charge on any atom is 0.234 e. The largest absolute Gasteiger partial charge is 0.486 e. The van der Waals surface area contributed by atoms with Crippen LogP contribution in [0.1, 0.15) is 33.3 Å². The highest BCUT2D eigenvalue weighted by Gasteiger charge is 2.18. The molecule has 168 valence electrons. The van der Waals surface area contributed by atoms with Crippen molar-refractivity contribution in [3.8, 4) is 22.9 Å². The van der Waals surface area contributed by atoms with E-state index in [2.05, 4.69) is 67.5 Å². The number of nitrogens with zero attached hydrogens (tertiary/aromatic N) is 3. The average molecular weight is 453 g/mol. The van der Waals surface area contributed by atoms with Gasteiger partial charge in [-0.3, -0.25) is 4.79 Å². The molecule has 2 aromatic carbocycles. The number of ether oxygens (including phenoxy) is 2. The van der Waals surface area contributed by atoms with Gasteiger partial charge in [0.2, 0.25) is 5.91 Å². The summed E-state index contributed by atoms with van der Waals surface area (Å²) in [6, 6.07) is 13.8. The lowest BCUT2D eigenvalue weighted by molar-refractivity contribution is -0.113. The van der Waals surface area contributed by atoms with Crippen molar-refractivity contribution in [2.45, 2.75) is 44.8 Å². The van der Waals surface area contributed by atoms with E-state index in [1.54, 1.807) is 6.07 Å². The molecule has 1 aromatic heterocycles. The Balaban J connectivity index is 1.41. The Hall–Kier alpha value is -3.00. The molecular formula is C24H28N4O3S. The van der Waals surface area contributed by atoms with Gasteiger partial charge in [-0.1, -0.05) is 56.8 Å². The number of thioether (sulfide) groups is 1. The number of carbonyl (C=O) groups is 1. The molecule has 0 saturated carbocycles. The minimum atomic E-state index is -0.117. The monoisotopic (exact) mass is 452 g/mol. The van der Waals surface area contributed by atoms with E-state index in [9.17, 15) is 4.79 Å². The van der Waals surface area contributed by atoms with Crippen molar-refractivity contribution in [2.75, 3.05) is 24.3 Å². The zero-order valence-electron chi connectivity index (χ0n) is 18.8. The molecule has 0 aliphatic carbocycles. The standard InChI is InChI=1S/C24H28N4O3S/c1-5-28-22(16-6-8-17(9-7-16)24(2,3)4)26-27-23(28)32-15-21(29)25-18-10-11-19-20(14-18)31-13-12-30-19/h6-11,14H,5,12-13,15H2,1-4H3,(H,25,29). The van der Waals surface area contributed by atoms with Gasteiger partial charge in [-0.2, -0.15) is 0 Å². The van der Waals surface area contributed by atoms with Crippen LogP contribution in [0.15, 0.2) is 47.6 Å². The summed E-state index contributed by atoms with van der Waals surface area (Å²) in [5.74, 6) is 2.27. The fraction of sp³-hybridized carbons (Fsp3) is 0.375. The number of benzene rings is 2. The first-order chi connectivity index (χ1) is 15.3. The third-order valence-electron chi connectivity index (χ3n) is 5.20. The lowest BCUT2D eigenvalue weighted by Crippen LogP contribution is -2.17. The second kappa shape index (κ2) is 9.24. The number of rotatable bonds is 6. The quantitative estimate of drug-likeness (QED) is 0.543. The number of hydrogen-bond acceptors (Lipinski definition) is 6. The molecule has 0 saturated heterocycles. The van der Waals surface area contributed by atoms with Crippen molar-refractivity contribution in [3.63, 3.8) is 0 Å². The normalized spacial score (nSPS) is 13.1. The summed E-state index contributed by atoms with van der Waals surface area (Å²) in [6.45, 7) is 10.4.